The summed E-state index contributed by atoms with van der Waals surface area (Å²) in [6, 6.07) is 5.70. The maximum absolute atomic E-state index is 12.5. The van der Waals surface area contributed by atoms with E-state index in [1.54, 1.807) is 0 Å². The van der Waals surface area contributed by atoms with Crippen LogP contribution in [0.2, 0.25) is 0 Å². The van der Waals surface area contributed by atoms with Crippen molar-refractivity contribution in [2.45, 2.75) is 25.7 Å². The predicted molar refractivity (Wildman–Crippen MR) is 98.9 cm³/mol. The second kappa shape index (κ2) is 7.56. The molecule has 1 N–H and O–H groups in total. The summed E-state index contributed by atoms with van der Waals surface area (Å²) >= 11 is 1.50. The van der Waals surface area contributed by atoms with Gasteiger partial charge in [0, 0.05) is 30.5 Å². The summed E-state index contributed by atoms with van der Waals surface area (Å²) in [7, 11) is 0. The number of rotatable bonds is 5. The quantitative estimate of drug-likeness (QED) is 0.847. The average Bonchev–Trinajstić information content (AvgIpc) is 3.30. The molecule has 0 atom stereocenters. The van der Waals surface area contributed by atoms with Gasteiger partial charge in [-0.3, -0.25) is 9.59 Å². The predicted octanol–water partition coefficient (Wildman–Crippen LogP) is 2.79. The topological polar surface area (TPSA) is 89.0 Å². The average molecular weight is 388 g/mol. The largest absolute Gasteiger partial charge is 0.481 e. The Labute approximate surface area is 160 Å². The molecular formula is C19H20N2O5S. The Balaban J connectivity index is 1.35. The number of carboxylic acids is 1. The van der Waals surface area contributed by atoms with E-state index in [1.165, 1.54) is 11.3 Å². The molecular weight excluding hydrogens is 368 g/mol. The van der Waals surface area contributed by atoms with Crippen LogP contribution in [0, 0.1) is 5.92 Å². The van der Waals surface area contributed by atoms with E-state index in [-0.39, 0.29) is 31.5 Å². The van der Waals surface area contributed by atoms with Crippen LogP contribution in [0.3, 0.4) is 0 Å². The summed E-state index contributed by atoms with van der Waals surface area (Å²) in [5, 5.41) is 11.6. The number of nitrogens with zero attached hydrogens (tertiary/aromatic N) is 2. The van der Waals surface area contributed by atoms with Crippen LogP contribution >= 0.6 is 11.3 Å². The van der Waals surface area contributed by atoms with Crippen molar-refractivity contribution in [3.8, 4) is 22.1 Å². The number of fused-ring (bicyclic) bond motifs is 1. The van der Waals surface area contributed by atoms with E-state index in [2.05, 4.69) is 4.98 Å². The minimum atomic E-state index is -0.765. The molecule has 27 heavy (non-hydrogen) atoms. The molecule has 0 aliphatic carbocycles. The molecule has 1 saturated heterocycles. The van der Waals surface area contributed by atoms with Gasteiger partial charge in [-0.05, 0) is 37.0 Å². The van der Waals surface area contributed by atoms with Gasteiger partial charge in [0.15, 0.2) is 11.5 Å². The van der Waals surface area contributed by atoms with E-state index in [4.69, 9.17) is 14.6 Å². The molecule has 142 valence electrons. The van der Waals surface area contributed by atoms with Crippen LogP contribution in [0.15, 0.2) is 23.6 Å². The Morgan fingerprint density at radius 1 is 1.22 bits per heavy atom. The van der Waals surface area contributed by atoms with Gasteiger partial charge < -0.3 is 19.5 Å². The van der Waals surface area contributed by atoms with Gasteiger partial charge >= 0.3 is 5.97 Å². The molecule has 8 heteroatoms. The fourth-order valence-corrected chi connectivity index (χ4v) is 4.27. The minimum Gasteiger partial charge on any atom is -0.481 e. The number of hydrogen-bond acceptors (Lipinski definition) is 6. The van der Waals surface area contributed by atoms with E-state index in [9.17, 15) is 9.59 Å². The van der Waals surface area contributed by atoms with E-state index in [1.807, 2.05) is 28.5 Å². The number of ether oxygens (including phenoxy) is 2. The molecule has 0 saturated carbocycles. The summed E-state index contributed by atoms with van der Waals surface area (Å²) in [5.74, 6) is 0.898. The van der Waals surface area contributed by atoms with Crippen molar-refractivity contribution < 1.29 is 24.2 Å². The van der Waals surface area contributed by atoms with E-state index in [0.717, 1.165) is 34.9 Å². The van der Waals surface area contributed by atoms with Crippen molar-refractivity contribution in [3.05, 3.63) is 29.3 Å². The lowest BCUT2D eigenvalue weighted by atomic mass is 9.93. The van der Waals surface area contributed by atoms with Gasteiger partial charge in [-0.15, -0.1) is 11.3 Å². The van der Waals surface area contributed by atoms with Crippen LogP contribution in [0.5, 0.6) is 11.5 Å². The van der Waals surface area contributed by atoms with Crippen LogP contribution in [0.25, 0.3) is 10.6 Å². The first-order valence-corrected chi connectivity index (χ1v) is 9.80. The molecule has 2 aliphatic rings. The van der Waals surface area contributed by atoms with Crippen LogP contribution < -0.4 is 9.47 Å². The maximum atomic E-state index is 12.5. The zero-order valence-electron chi connectivity index (χ0n) is 14.7. The van der Waals surface area contributed by atoms with Crippen molar-refractivity contribution >= 4 is 23.2 Å². The number of hydrogen-bond donors (Lipinski definition) is 1. The van der Waals surface area contributed by atoms with Gasteiger partial charge in [0.1, 0.15) is 5.01 Å². The molecule has 1 amide bonds. The van der Waals surface area contributed by atoms with Crippen molar-refractivity contribution in [1.29, 1.82) is 0 Å². The van der Waals surface area contributed by atoms with Crippen molar-refractivity contribution in [2.24, 2.45) is 5.92 Å². The standard InChI is InChI=1S/C19H20N2O5S/c22-17(21-5-3-12(4-6-21)7-18(23)24)9-14-10-27-19(20-14)13-1-2-15-16(8-13)26-11-25-15/h1-2,8,10,12H,3-7,9,11H2,(H,23,24). The van der Waals surface area contributed by atoms with Crippen molar-refractivity contribution in [1.82, 2.24) is 9.88 Å². The molecule has 7 nitrogen and oxygen atoms in total. The SMILES string of the molecule is O=C(O)CC1CCN(C(=O)Cc2csc(-c3ccc4c(c3)OCO4)n2)CC1. The number of carbonyl (C=O) groups excluding carboxylic acids is 1. The Hall–Kier alpha value is -2.61. The zero-order chi connectivity index (χ0) is 18.8. The van der Waals surface area contributed by atoms with Gasteiger partial charge in [-0.2, -0.15) is 0 Å². The van der Waals surface area contributed by atoms with Gasteiger partial charge in [-0.1, -0.05) is 0 Å². The Bertz CT molecular complexity index is 858. The molecule has 4 rings (SSSR count). The lowest BCUT2D eigenvalue weighted by molar-refractivity contribution is -0.138. The first kappa shape index (κ1) is 17.8. The van der Waals surface area contributed by atoms with Gasteiger partial charge in [0.25, 0.3) is 0 Å². The number of carboxylic acid groups (broad SMARTS) is 1. The molecule has 1 aromatic carbocycles. The Morgan fingerprint density at radius 2 is 2.00 bits per heavy atom. The molecule has 0 radical (unpaired) electrons. The number of aliphatic carboxylic acids is 1. The van der Waals surface area contributed by atoms with Crippen LogP contribution in [0.4, 0.5) is 0 Å². The molecule has 2 aliphatic heterocycles. The minimum absolute atomic E-state index is 0.0475. The zero-order valence-corrected chi connectivity index (χ0v) is 15.5. The molecule has 3 heterocycles. The second-order valence-corrected chi connectivity index (χ2v) is 7.67. The van der Waals surface area contributed by atoms with E-state index >= 15 is 0 Å². The molecule has 0 spiro atoms. The van der Waals surface area contributed by atoms with Crippen LogP contribution in [0.1, 0.15) is 25.0 Å². The fourth-order valence-electron chi connectivity index (χ4n) is 3.45. The van der Waals surface area contributed by atoms with E-state index in [0.29, 0.717) is 18.8 Å². The number of carbonyl (C=O) groups is 2. The summed E-state index contributed by atoms with van der Waals surface area (Å²) in [6.45, 7) is 1.48. The first-order chi connectivity index (χ1) is 13.1. The number of thiazole rings is 1. The highest BCUT2D eigenvalue weighted by molar-refractivity contribution is 7.13. The molecule has 0 bridgehead atoms. The number of piperidine rings is 1. The lowest BCUT2D eigenvalue weighted by Crippen LogP contribution is -2.39. The highest BCUT2D eigenvalue weighted by Crippen LogP contribution is 2.36. The summed E-state index contributed by atoms with van der Waals surface area (Å²) in [4.78, 5) is 29.7. The number of benzene rings is 1. The van der Waals surface area contributed by atoms with E-state index < -0.39 is 5.97 Å². The monoisotopic (exact) mass is 388 g/mol. The third kappa shape index (κ3) is 4.05. The first-order valence-electron chi connectivity index (χ1n) is 8.92. The smallest absolute Gasteiger partial charge is 0.303 e. The van der Waals surface area contributed by atoms with Gasteiger partial charge in [-0.25, -0.2) is 4.98 Å². The normalized spacial score (nSPS) is 16.5. The van der Waals surface area contributed by atoms with Crippen molar-refractivity contribution in [3.63, 3.8) is 0 Å². The molecule has 1 fully saturated rings. The fraction of sp³-hybridized carbons (Fsp3) is 0.421. The summed E-state index contributed by atoms with van der Waals surface area (Å²) in [6.07, 6.45) is 1.95. The summed E-state index contributed by atoms with van der Waals surface area (Å²) < 4.78 is 10.7. The number of amides is 1. The van der Waals surface area contributed by atoms with Gasteiger partial charge in [0.05, 0.1) is 12.1 Å². The maximum Gasteiger partial charge on any atom is 0.303 e. The molecule has 1 aromatic heterocycles. The summed E-state index contributed by atoms with van der Waals surface area (Å²) in [5.41, 5.74) is 1.70. The van der Waals surface area contributed by atoms with Gasteiger partial charge in [0.2, 0.25) is 12.7 Å². The Kier molecular flexibility index (Phi) is 4.98. The molecule has 2 aromatic rings. The third-order valence-electron chi connectivity index (χ3n) is 4.93. The highest BCUT2D eigenvalue weighted by atomic mass is 32.1. The Morgan fingerprint density at radius 3 is 2.78 bits per heavy atom. The third-order valence-corrected chi connectivity index (χ3v) is 5.87. The molecule has 0 unspecified atom stereocenters. The second-order valence-electron chi connectivity index (χ2n) is 6.81. The van der Waals surface area contributed by atoms with Crippen LogP contribution in [-0.4, -0.2) is 46.7 Å². The highest BCUT2D eigenvalue weighted by Gasteiger charge is 2.25. The lowest BCUT2D eigenvalue weighted by Gasteiger charge is -2.31. The number of likely N-dealkylation sites (tertiary alicyclic amines) is 1. The number of aromatic nitrogens is 1. The van der Waals surface area contributed by atoms with Crippen molar-refractivity contribution in [2.75, 3.05) is 19.9 Å². The van der Waals surface area contributed by atoms with Crippen LogP contribution in [-0.2, 0) is 16.0 Å².